The van der Waals surface area contributed by atoms with E-state index < -0.39 is 40.5 Å². The van der Waals surface area contributed by atoms with E-state index >= 15 is 0 Å². The normalized spacial score (nSPS) is 20.5. The molecular weight excluding hydrogens is 491 g/mol. The molecule has 0 aliphatic carbocycles. The first-order valence-electron chi connectivity index (χ1n) is 12.5. The molecule has 10 heteroatoms. The summed E-state index contributed by atoms with van der Waals surface area (Å²) >= 11 is 0. The van der Waals surface area contributed by atoms with Gasteiger partial charge in [-0.3, -0.25) is 19.3 Å². The summed E-state index contributed by atoms with van der Waals surface area (Å²) in [6, 6.07) is 14.7. The van der Waals surface area contributed by atoms with Crippen LogP contribution in [-0.4, -0.2) is 77.3 Å². The summed E-state index contributed by atoms with van der Waals surface area (Å²) in [5.74, 6) is -2.79. The summed E-state index contributed by atoms with van der Waals surface area (Å²) < 4.78 is 19.4. The van der Waals surface area contributed by atoms with Crippen LogP contribution < -0.4 is 5.73 Å². The highest BCUT2D eigenvalue weighted by Gasteiger charge is 2.59. The van der Waals surface area contributed by atoms with Crippen molar-refractivity contribution in [1.29, 1.82) is 0 Å². The van der Waals surface area contributed by atoms with E-state index in [1.165, 1.54) is 29.0 Å². The van der Waals surface area contributed by atoms with Crippen molar-refractivity contribution in [1.82, 2.24) is 14.7 Å². The maximum atomic E-state index is 13.9. The van der Waals surface area contributed by atoms with Crippen LogP contribution in [0.2, 0.25) is 0 Å². The van der Waals surface area contributed by atoms with Gasteiger partial charge in [-0.2, -0.15) is 0 Å². The van der Waals surface area contributed by atoms with E-state index in [-0.39, 0.29) is 45.2 Å². The number of carbonyl (C=O) groups is 4. The summed E-state index contributed by atoms with van der Waals surface area (Å²) in [5, 5.41) is 0. The number of rotatable bonds is 9. The second-order valence-electron chi connectivity index (χ2n) is 10.5. The molecule has 38 heavy (non-hydrogen) atoms. The average Bonchev–Trinajstić information content (AvgIpc) is 3.08. The van der Waals surface area contributed by atoms with Crippen molar-refractivity contribution in [2.24, 2.45) is 17.1 Å². The first-order chi connectivity index (χ1) is 18.0. The van der Waals surface area contributed by atoms with Crippen LogP contribution in [0, 0.1) is 17.2 Å². The van der Waals surface area contributed by atoms with Gasteiger partial charge < -0.3 is 20.3 Å². The van der Waals surface area contributed by atoms with Crippen molar-refractivity contribution < 1.29 is 28.3 Å². The van der Waals surface area contributed by atoms with Crippen molar-refractivity contribution in [3.8, 4) is 0 Å². The van der Waals surface area contributed by atoms with Crippen molar-refractivity contribution in [2.75, 3.05) is 33.3 Å². The van der Waals surface area contributed by atoms with E-state index in [4.69, 9.17) is 10.5 Å². The summed E-state index contributed by atoms with van der Waals surface area (Å²) in [7, 11) is 1.41. The van der Waals surface area contributed by atoms with Gasteiger partial charge in [-0.25, -0.2) is 9.18 Å². The number of nitrogens with zero attached hydrogens (tertiary/aromatic N) is 3. The van der Waals surface area contributed by atoms with E-state index in [1.54, 1.807) is 26.0 Å². The third-order valence-electron chi connectivity index (χ3n) is 7.71. The van der Waals surface area contributed by atoms with Gasteiger partial charge in [0.15, 0.2) is 0 Å². The van der Waals surface area contributed by atoms with Gasteiger partial charge in [-0.1, -0.05) is 56.3 Å². The molecule has 2 aliphatic heterocycles. The lowest BCUT2D eigenvalue weighted by Gasteiger charge is -2.46. The number of likely N-dealkylation sites (N-methyl/N-ethyl adjacent to an activating group) is 1. The third-order valence-corrected chi connectivity index (χ3v) is 7.71. The molecule has 2 N–H and O–H groups in total. The van der Waals surface area contributed by atoms with Gasteiger partial charge in [-0.15, -0.1) is 0 Å². The highest BCUT2D eigenvalue weighted by molar-refractivity contribution is 6.07. The fourth-order valence-corrected chi connectivity index (χ4v) is 5.16. The Balaban J connectivity index is 1.60. The predicted octanol–water partition coefficient (Wildman–Crippen LogP) is 2.19. The van der Waals surface area contributed by atoms with Crippen molar-refractivity contribution >= 4 is 23.8 Å². The molecule has 2 heterocycles. The molecule has 0 aromatic heterocycles. The van der Waals surface area contributed by atoms with Crippen LogP contribution in [0.15, 0.2) is 54.6 Å². The molecule has 2 aromatic rings. The van der Waals surface area contributed by atoms with Crippen LogP contribution >= 0.6 is 0 Å². The number of piperazine rings is 1. The molecule has 0 saturated carbocycles. The molecule has 0 radical (unpaired) electrons. The Bertz CT molecular complexity index is 1220. The van der Waals surface area contributed by atoms with Gasteiger partial charge in [0.2, 0.25) is 11.8 Å². The topological polar surface area (TPSA) is 113 Å². The molecule has 4 rings (SSSR count). The molecule has 5 amide bonds. The minimum Gasteiger partial charge on any atom is -0.376 e. The number of halogens is 1. The lowest BCUT2D eigenvalue weighted by atomic mass is 9.77. The lowest BCUT2D eigenvalue weighted by Crippen LogP contribution is -2.66. The van der Waals surface area contributed by atoms with Gasteiger partial charge in [0.25, 0.3) is 5.91 Å². The first-order valence-corrected chi connectivity index (χ1v) is 12.5. The SMILES string of the molecule is CN1C(=O)N2CCN(C(=O)[C@@H](COCc3ccccc3)C(C)(C)C(N)=O)C[C@]2(Cc2ccc(F)cc2)C1=O. The minimum absolute atomic E-state index is 0.0539. The van der Waals surface area contributed by atoms with Gasteiger partial charge in [0, 0.05) is 26.6 Å². The number of ether oxygens (including phenoxy) is 1. The Morgan fingerprint density at radius 2 is 1.71 bits per heavy atom. The van der Waals surface area contributed by atoms with E-state index in [2.05, 4.69) is 0 Å². The third kappa shape index (κ3) is 5.00. The molecule has 2 fully saturated rings. The molecule has 202 valence electrons. The van der Waals surface area contributed by atoms with Crippen LogP contribution in [0.1, 0.15) is 25.0 Å². The fraction of sp³-hybridized carbons (Fsp3) is 0.429. The molecule has 2 aromatic carbocycles. The Morgan fingerprint density at radius 1 is 1.05 bits per heavy atom. The van der Waals surface area contributed by atoms with Gasteiger partial charge in [0.05, 0.1) is 31.1 Å². The smallest absolute Gasteiger partial charge is 0.327 e. The second-order valence-corrected chi connectivity index (χ2v) is 10.5. The molecule has 0 unspecified atom stereocenters. The molecule has 0 bridgehead atoms. The Hall–Kier alpha value is -3.79. The molecule has 2 aliphatic rings. The average molecular weight is 525 g/mol. The zero-order valence-electron chi connectivity index (χ0n) is 21.9. The van der Waals surface area contributed by atoms with Crippen LogP contribution in [0.4, 0.5) is 9.18 Å². The van der Waals surface area contributed by atoms with Crippen LogP contribution in [-0.2, 0) is 32.1 Å². The van der Waals surface area contributed by atoms with E-state index in [0.717, 1.165) is 10.5 Å². The number of urea groups is 1. The summed E-state index contributed by atoms with van der Waals surface area (Å²) in [6.07, 6.45) is 0.111. The van der Waals surface area contributed by atoms with Crippen LogP contribution in [0.25, 0.3) is 0 Å². The summed E-state index contributed by atoms with van der Waals surface area (Å²) in [4.78, 5) is 56.8. The molecule has 2 saturated heterocycles. The van der Waals surface area contributed by atoms with Crippen molar-refractivity contribution in [3.63, 3.8) is 0 Å². The number of imide groups is 1. The fourth-order valence-electron chi connectivity index (χ4n) is 5.16. The number of hydrogen-bond donors (Lipinski definition) is 1. The molecule has 2 atom stereocenters. The lowest BCUT2D eigenvalue weighted by molar-refractivity contribution is -0.153. The number of primary amides is 1. The summed E-state index contributed by atoms with van der Waals surface area (Å²) in [6.45, 7) is 3.65. The van der Waals surface area contributed by atoms with Crippen molar-refractivity contribution in [2.45, 2.75) is 32.4 Å². The highest BCUT2D eigenvalue weighted by Crippen LogP contribution is 2.37. The maximum Gasteiger partial charge on any atom is 0.327 e. The highest BCUT2D eigenvalue weighted by atomic mass is 19.1. The number of amides is 5. The Labute approximate surface area is 221 Å². The molecule has 9 nitrogen and oxygen atoms in total. The van der Waals surface area contributed by atoms with E-state index in [0.29, 0.717) is 5.56 Å². The zero-order valence-corrected chi connectivity index (χ0v) is 21.9. The van der Waals surface area contributed by atoms with Crippen molar-refractivity contribution in [3.05, 3.63) is 71.5 Å². The zero-order chi connectivity index (χ0) is 27.7. The number of benzene rings is 2. The predicted molar refractivity (Wildman–Crippen MR) is 137 cm³/mol. The standard InChI is InChI=1S/C28H33FN4O5/c1-27(2,24(30)35)22(17-38-16-20-7-5-4-6-8-20)23(34)32-13-14-33-26(37)31(3)25(36)28(33,18-32)15-19-9-11-21(29)12-10-19/h4-12,22H,13-18H2,1-3H3,(H2,30,35)/t22-,28-/m1/s1. The van der Waals surface area contributed by atoms with E-state index in [1.807, 2.05) is 30.3 Å². The van der Waals surface area contributed by atoms with E-state index in [9.17, 15) is 23.6 Å². The Kier molecular flexibility index (Phi) is 7.55. The monoisotopic (exact) mass is 524 g/mol. The number of hydrogen-bond acceptors (Lipinski definition) is 5. The molecule has 0 spiro atoms. The van der Waals surface area contributed by atoms with Gasteiger partial charge in [0.1, 0.15) is 11.4 Å². The summed E-state index contributed by atoms with van der Waals surface area (Å²) in [5.41, 5.74) is 4.69. The largest absolute Gasteiger partial charge is 0.376 e. The van der Waals surface area contributed by atoms with Gasteiger partial charge in [-0.05, 0) is 23.3 Å². The minimum atomic E-state index is -1.34. The van der Waals surface area contributed by atoms with Crippen LogP contribution in [0.3, 0.4) is 0 Å². The number of fused-ring (bicyclic) bond motifs is 1. The second kappa shape index (κ2) is 10.5. The maximum absolute atomic E-state index is 13.9. The van der Waals surface area contributed by atoms with Crippen LogP contribution in [0.5, 0.6) is 0 Å². The first kappa shape index (κ1) is 27.3. The molecular formula is C28H33FN4O5. The Morgan fingerprint density at radius 3 is 2.34 bits per heavy atom. The van der Waals surface area contributed by atoms with Gasteiger partial charge >= 0.3 is 6.03 Å². The quantitative estimate of drug-likeness (QED) is 0.506. The number of nitrogens with two attached hydrogens (primary N) is 1. The number of carbonyl (C=O) groups excluding carboxylic acids is 4.